The highest BCUT2D eigenvalue weighted by molar-refractivity contribution is 7.99. The molecule has 0 heterocycles. The molecule has 18 heavy (non-hydrogen) atoms. The summed E-state index contributed by atoms with van der Waals surface area (Å²) in [7, 11) is 0. The molecule has 1 nitrogen and oxygen atoms in total. The maximum atomic E-state index is 13.1. The summed E-state index contributed by atoms with van der Waals surface area (Å²) in [6, 6.07) is 14.1. The van der Waals surface area contributed by atoms with Crippen LogP contribution in [0.15, 0.2) is 53.4 Å². The van der Waals surface area contributed by atoms with Crippen LogP contribution in [0.3, 0.4) is 0 Å². The first kappa shape index (κ1) is 13.4. The van der Waals surface area contributed by atoms with Crippen LogP contribution >= 0.6 is 23.4 Å². The lowest BCUT2D eigenvalue weighted by Crippen LogP contribution is -2.09. The van der Waals surface area contributed by atoms with E-state index in [9.17, 15) is 4.39 Å². The van der Waals surface area contributed by atoms with Gasteiger partial charge in [0.1, 0.15) is 5.82 Å². The largest absolute Gasteiger partial charge is 0.329 e. The van der Waals surface area contributed by atoms with Crippen LogP contribution in [0.25, 0.3) is 0 Å². The van der Waals surface area contributed by atoms with Gasteiger partial charge < -0.3 is 5.73 Å². The molecule has 1 unspecified atom stereocenters. The molecule has 0 amide bonds. The molecular weight excluding hydrogens is 269 g/mol. The number of hydrogen-bond donors (Lipinski definition) is 1. The van der Waals surface area contributed by atoms with E-state index in [0.717, 1.165) is 10.5 Å². The summed E-state index contributed by atoms with van der Waals surface area (Å²) in [6.45, 7) is 0.474. The zero-order chi connectivity index (χ0) is 13.0. The molecule has 2 aromatic rings. The molecule has 0 aliphatic rings. The molecule has 0 aromatic heterocycles. The minimum atomic E-state index is -0.234. The Morgan fingerprint density at radius 2 is 1.94 bits per heavy atom. The molecule has 0 saturated heterocycles. The summed E-state index contributed by atoms with van der Waals surface area (Å²) < 4.78 is 13.1. The number of halogens is 2. The molecule has 0 aliphatic carbocycles. The van der Waals surface area contributed by atoms with Crippen LogP contribution in [0, 0.1) is 5.82 Å². The van der Waals surface area contributed by atoms with E-state index in [0.29, 0.717) is 11.6 Å². The van der Waals surface area contributed by atoms with Crippen molar-refractivity contribution in [3.8, 4) is 0 Å². The second-order valence-corrected chi connectivity index (χ2v) is 5.57. The normalized spacial score (nSPS) is 12.4. The van der Waals surface area contributed by atoms with Crippen molar-refractivity contribution < 1.29 is 4.39 Å². The molecule has 0 spiro atoms. The average molecular weight is 282 g/mol. The van der Waals surface area contributed by atoms with Gasteiger partial charge in [0.15, 0.2) is 0 Å². The first-order chi connectivity index (χ1) is 8.69. The van der Waals surface area contributed by atoms with Gasteiger partial charge in [-0.05, 0) is 35.9 Å². The summed E-state index contributed by atoms with van der Waals surface area (Å²) in [6.07, 6.45) is 0. The molecule has 2 rings (SSSR count). The van der Waals surface area contributed by atoms with E-state index in [2.05, 4.69) is 0 Å². The van der Waals surface area contributed by atoms with Gasteiger partial charge in [0.2, 0.25) is 0 Å². The van der Waals surface area contributed by atoms with Crippen LogP contribution in [0.1, 0.15) is 10.8 Å². The number of rotatable bonds is 4. The van der Waals surface area contributed by atoms with Gasteiger partial charge >= 0.3 is 0 Å². The Morgan fingerprint density at radius 1 is 1.17 bits per heavy atom. The summed E-state index contributed by atoms with van der Waals surface area (Å²) in [5, 5.41) is 0.760. The maximum Gasteiger partial charge on any atom is 0.124 e. The number of hydrogen-bond acceptors (Lipinski definition) is 2. The van der Waals surface area contributed by atoms with Crippen LogP contribution < -0.4 is 5.73 Å². The lowest BCUT2D eigenvalue weighted by atomic mass is 10.1. The molecule has 0 radical (unpaired) electrons. The fraction of sp³-hybridized carbons (Fsp3) is 0.143. The Kier molecular flexibility index (Phi) is 4.64. The van der Waals surface area contributed by atoms with Crippen LogP contribution in [-0.4, -0.2) is 6.54 Å². The summed E-state index contributed by atoms with van der Waals surface area (Å²) >= 11 is 7.51. The molecule has 0 saturated carbocycles. The molecule has 4 heteroatoms. The van der Waals surface area contributed by atoms with Crippen LogP contribution in [0.4, 0.5) is 4.39 Å². The highest BCUT2D eigenvalue weighted by atomic mass is 35.5. The minimum Gasteiger partial charge on any atom is -0.329 e. The van der Waals surface area contributed by atoms with Crippen molar-refractivity contribution in [1.82, 2.24) is 0 Å². The lowest BCUT2D eigenvalue weighted by molar-refractivity contribution is 0.624. The fourth-order valence-electron chi connectivity index (χ4n) is 1.66. The Morgan fingerprint density at radius 3 is 2.61 bits per heavy atom. The Hall–Kier alpha value is -1.03. The second kappa shape index (κ2) is 6.23. The van der Waals surface area contributed by atoms with Crippen LogP contribution in [0.5, 0.6) is 0 Å². The summed E-state index contributed by atoms with van der Waals surface area (Å²) in [4.78, 5) is 0.866. The van der Waals surface area contributed by atoms with Crippen molar-refractivity contribution >= 4 is 23.4 Å². The first-order valence-corrected chi connectivity index (χ1v) is 6.82. The Labute approximate surface area is 115 Å². The monoisotopic (exact) mass is 281 g/mol. The summed E-state index contributed by atoms with van der Waals surface area (Å²) in [5.74, 6) is -0.234. The standard InChI is InChI=1S/C14H13ClFNS/c15-11-4-1-3-10(7-11)14(9-17)18-13-6-2-5-12(16)8-13/h1-8,14H,9,17H2. The maximum absolute atomic E-state index is 13.1. The number of benzene rings is 2. The highest BCUT2D eigenvalue weighted by Crippen LogP contribution is 2.35. The highest BCUT2D eigenvalue weighted by Gasteiger charge is 2.12. The third-order valence-electron chi connectivity index (χ3n) is 2.51. The quantitative estimate of drug-likeness (QED) is 0.847. The van der Waals surface area contributed by atoms with Crippen LogP contribution in [-0.2, 0) is 0 Å². The van der Waals surface area contributed by atoms with Crippen molar-refractivity contribution in [1.29, 1.82) is 0 Å². The van der Waals surface area contributed by atoms with E-state index >= 15 is 0 Å². The third-order valence-corrected chi connectivity index (χ3v) is 4.02. The molecule has 94 valence electrons. The van der Waals surface area contributed by atoms with Crippen molar-refractivity contribution in [2.45, 2.75) is 10.1 Å². The van der Waals surface area contributed by atoms with E-state index in [-0.39, 0.29) is 11.1 Å². The van der Waals surface area contributed by atoms with Crippen molar-refractivity contribution in [3.63, 3.8) is 0 Å². The van der Waals surface area contributed by atoms with Gasteiger partial charge in [-0.25, -0.2) is 4.39 Å². The smallest absolute Gasteiger partial charge is 0.124 e. The van der Waals surface area contributed by atoms with Gasteiger partial charge in [-0.2, -0.15) is 0 Å². The van der Waals surface area contributed by atoms with Crippen molar-refractivity contribution in [2.24, 2.45) is 5.73 Å². The second-order valence-electron chi connectivity index (χ2n) is 3.85. The van der Waals surface area contributed by atoms with E-state index in [1.54, 1.807) is 17.8 Å². The zero-order valence-corrected chi connectivity index (χ0v) is 11.2. The Balaban J connectivity index is 2.19. The predicted molar refractivity (Wildman–Crippen MR) is 75.5 cm³/mol. The first-order valence-electron chi connectivity index (χ1n) is 5.57. The minimum absolute atomic E-state index is 0.0745. The van der Waals surface area contributed by atoms with Gasteiger partial charge in [-0.15, -0.1) is 11.8 Å². The van der Waals surface area contributed by atoms with Gasteiger partial charge in [-0.3, -0.25) is 0 Å². The molecule has 2 aromatic carbocycles. The van der Waals surface area contributed by atoms with E-state index < -0.39 is 0 Å². The Bertz CT molecular complexity index is 533. The lowest BCUT2D eigenvalue weighted by Gasteiger charge is -2.15. The van der Waals surface area contributed by atoms with Gasteiger partial charge in [0.05, 0.1) is 0 Å². The van der Waals surface area contributed by atoms with E-state index in [1.807, 2.05) is 30.3 Å². The molecule has 2 N–H and O–H groups in total. The van der Waals surface area contributed by atoms with E-state index in [4.69, 9.17) is 17.3 Å². The molecule has 1 atom stereocenters. The van der Waals surface area contributed by atoms with Crippen molar-refractivity contribution in [2.75, 3.05) is 6.54 Å². The predicted octanol–water partition coefficient (Wildman–Crippen LogP) is 4.27. The van der Waals surface area contributed by atoms with Gasteiger partial charge in [0.25, 0.3) is 0 Å². The average Bonchev–Trinajstić information content (AvgIpc) is 2.36. The molecule has 0 fully saturated rings. The van der Waals surface area contributed by atoms with Gasteiger partial charge in [-0.1, -0.05) is 29.8 Å². The molecule has 0 aliphatic heterocycles. The number of thioether (sulfide) groups is 1. The van der Waals surface area contributed by atoms with E-state index in [1.165, 1.54) is 12.1 Å². The fourth-order valence-corrected chi connectivity index (χ4v) is 2.91. The SMILES string of the molecule is NCC(Sc1cccc(F)c1)c1cccc(Cl)c1. The zero-order valence-electron chi connectivity index (χ0n) is 9.64. The van der Waals surface area contributed by atoms with Gasteiger partial charge in [0, 0.05) is 21.7 Å². The number of nitrogens with two attached hydrogens (primary N) is 1. The topological polar surface area (TPSA) is 26.0 Å². The van der Waals surface area contributed by atoms with Crippen molar-refractivity contribution in [3.05, 3.63) is 64.9 Å². The van der Waals surface area contributed by atoms with Crippen LogP contribution in [0.2, 0.25) is 5.02 Å². The summed E-state index contributed by atoms with van der Waals surface area (Å²) in [5.41, 5.74) is 6.84. The third kappa shape index (κ3) is 3.48. The molecular formula is C14H13ClFNS. The molecule has 0 bridgehead atoms.